The average Bonchev–Trinajstić information content (AvgIpc) is 2.40. The van der Waals surface area contributed by atoms with Gasteiger partial charge in [0.1, 0.15) is 5.60 Å². The molecule has 1 aliphatic rings. The molecule has 1 N–H and O–H groups in total. The molecule has 0 amide bonds. The van der Waals surface area contributed by atoms with E-state index in [0.29, 0.717) is 6.61 Å². The number of carbonyl (C=O) groups is 2. The minimum Gasteiger partial charge on any atom is -0.466 e. The minimum atomic E-state index is -1.56. The molecule has 0 spiro atoms. The summed E-state index contributed by atoms with van der Waals surface area (Å²) in [6.45, 7) is 4.11. The number of hydrogen-bond acceptors (Lipinski definition) is 4. The summed E-state index contributed by atoms with van der Waals surface area (Å²) in [5.41, 5.74) is -0.762. The number of carbonyl (C=O) groups excluding carboxylic acids is 2. The van der Waals surface area contributed by atoms with Gasteiger partial charge in [-0.2, -0.15) is 0 Å². The van der Waals surface area contributed by atoms with Gasteiger partial charge in [0, 0.05) is 6.42 Å². The quantitative estimate of drug-likeness (QED) is 0.568. The number of esters is 1. The molecule has 4 nitrogen and oxygen atoms in total. The first-order valence-electron chi connectivity index (χ1n) is 5.57. The van der Waals surface area contributed by atoms with Crippen molar-refractivity contribution in [2.45, 2.75) is 45.1 Å². The second kappa shape index (κ2) is 5.25. The number of unbranched alkanes of at least 4 members (excludes halogenated alkanes) is 1. The Kier molecular flexibility index (Phi) is 4.24. The van der Waals surface area contributed by atoms with Gasteiger partial charge >= 0.3 is 5.97 Å². The lowest BCUT2D eigenvalue weighted by atomic mass is 9.95. The summed E-state index contributed by atoms with van der Waals surface area (Å²) < 4.78 is 4.92. The Morgan fingerprint density at radius 1 is 1.62 bits per heavy atom. The predicted molar refractivity (Wildman–Crippen MR) is 58.8 cm³/mol. The fourth-order valence-corrected chi connectivity index (χ4v) is 1.73. The highest BCUT2D eigenvalue weighted by atomic mass is 16.5. The maximum absolute atomic E-state index is 11.4. The number of hydrogen-bond donors (Lipinski definition) is 1. The van der Waals surface area contributed by atoms with Crippen LogP contribution in [-0.4, -0.2) is 29.1 Å². The maximum Gasteiger partial charge on any atom is 0.309 e. The van der Waals surface area contributed by atoms with E-state index in [0.717, 1.165) is 18.4 Å². The van der Waals surface area contributed by atoms with E-state index in [1.165, 1.54) is 6.08 Å². The van der Waals surface area contributed by atoms with E-state index in [4.69, 9.17) is 4.74 Å². The van der Waals surface area contributed by atoms with Gasteiger partial charge in [0.15, 0.2) is 5.78 Å². The van der Waals surface area contributed by atoms with Gasteiger partial charge in [-0.1, -0.05) is 18.9 Å². The SMILES string of the molecule is CCCCOC(=O)CC1(O)CC(C)=CC1=O. The zero-order chi connectivity index (χ0) is 12.2. The molecule has 0 radical (unpaired) electrons. The van der Waals surface area contributed by atoms with Gasteiger partial charge in [0.25, 0.3) is 0 Å². The minimum absolute atomic E-state index is 0.231. The van der Waals surface area contributed by atoms with E-state index in [9.17, 15) is 14.7 Å². The van der Waals surface area contributed by atoms with Gasteiger partial charge in [-0.15, -0.1) is 0 Å². The van der Waals surface area contributed by atoms with E-state index < -0.39 is 17.4 Å². The van der Waals surface area contributed by atoms with Crippen LogP contribution in [0.15, 0.2) is 11.6 Å². The van der Waals surface area contributed by atoms with Crippen molar-refractivity contribution in [3.05, 3.63) is 11.6 Å². The van der Waals surface area contributed by atoms with Crippen LogP contribution in [0.25, 0.3) is 0 Å². The van der Waals surface area contributed by atoms with Crippen LogP contribution in [0.1, 0.15) is 39.5 Å². The normalized spacial score (nSPS) is 24.4. The molecule has 0 aromatic carbocycles. The summed E-state index contributed by atoms with van der Waals surface area (Å²) in [6, 6.07) is 0. The summed E-state index contributed by atoms with van der Waals surface area (Å²) in [7, 11) is 0. The van der Waals surface area contributed by atoms with E-state index in [1.807, 2.05) is 6.92 Å². The molecule has 0 heterocycles. The van der Waals surface area contributed by atoms with E-state index in [2.05, 4.69) is 0 Å². The molecule has 0 aromatic heterocycles. The van der Waals surface area contributed by atoms with Crippen LogP contribution in [0.4, 0.5) is 0 Å². The molecule has 0 fully saturated rings. The molecule has 1 unspecified atom stereocenters. The fourth-order valence-electron chi connectivity index (χ4n) is 1.73. The topological polar surface area (TPSA) is 63.6 Å². The summed E-state index contributed by atoms with van der Waals surface area (Å²) in [5, 5.41) is 9.95. The summed E-state index contributed by atoms with van der Waals surface area (Å²) >= 11 is 0. The lowest BCUT2D eigenvalue weighted by Crippen LogP contribution is -2.37. The van der Waals surface area contributed by atoms with Crippen molar-refractivity contribution in [1.82, 2.24) is 0 Å². The van der Waals surface area contributed by atoms with Crippen LogP contribution in [0.5, 0.6) is 0 Å². The van der Waals surface area contributed by atoms with Gasteiger partial charge in [-0.3, -0.25) is 9.59 Å². The van der Waals surface area contributed by atoms with Gasteiger partial charge in [0.05, 0.1) is 13.0 Å². The van der Waals surface area contributed by atoms with Gasteiger partial charge in [0.2, 0.25) is 0 Å². The fraction of sp³-hybridized carbons (Fsp3) is 0.667. The van der Waals surface area contributed by atoms with E-state index in [1.54, 1.807) is 6.92 Å². The molecule has 1 aliphatic carbocycles. The molecule has 0 aliphatic heterocycles. The molecule has 90 valence electrons. The lowest BCUT2D eigenvalue weighted by molar-refractivity contribution is -0.153. The maximum atomic E-state index is 11.4. The van der Waals surface area contributed by atoms with Gasteiger partial charge in [-0.05, 0) is 19.4 Å². The summed E-state index contributed by atoms with van der Waals surface area (Å²) in [5.74, 6) is -0.898. The second-order valence-electron chi connectivity index (χ2n) is 4.31. The summed E-state index contributed by atoms with van der Waals surface area (Å²) in [4.78, 5) is 22.8. The predicted octanol–water partition coefficient (Wildman–Crippen LogP) is 1.37. The van der Waals surface area contributed by atoms with Crippen LogP contribution < -0.4 is 0 Å². The molecule has 4 heteroatoms. The Balaban J connectivity index is 2.42. The molecular formula is C12H18O4. The number of ether oxygens (including phenoxy) is 1. The van der Waals surface area contributed by atoms with Crippen molar-refractivity contribution < 1.29 is 19.4 Å². The third-order valence-electron chi connectivity index (χ3n) is 2.61. The highest BCUT2D eigenvalue weighted by Crippen LogP contribution is 2.29. The lowest BCUT2D eigenvalue weighted by Gasteiger charge is -2.19. The zero-order valence-corrected chi connectivity index (χ0v) is 9.78. The molecule has 16 heavy (non-hydrogen) atoms. The molecule has 0 saturated heterocycles. The second-order valence-corrected chi connectivity index (χ2v) is 4.31. The first kappa shape index (κ1) is 12.9. The first-order chi connectivity index (χ1) is 7.48. The van der Waals surface area contributed by atoms with Crippen LogP contribution in [0.3, 0.4) is 0 Å². The largest absolute Gasteiger partial charge is 0.466 e. The Bertz CT molecular complexity index is 319. The van der Waals surface area contributed by atoms with E-state index in [-0.39, 0.29) is 12.8 Å². The standard InChI is InChI=1S/C12H18O4/c1-3-4-5-16-11(14)8-12(15)7-9(2)6-10(12)13/h6,15H,3-5,7-8H2,1-2H3. The van der Waals surface area contributed by atoms with Crippen LogP contribution in [0, 0.1) is 0 Å². The smallest absolute Gasteiger partial charge is 0.309 e. The van der Waals surface area contributed by atoms with Gasteiger partial charge in [-0.25, -0.2) is 0 Å². The zero-order valence-electron chi connectivity index (χ0n) is 9.78. The van der Waals surface area contributed by atoms with Crippen LogP contribution >= 0.6 is 0 Å². The number of rotatable bonds is 5. The molecule has 0 aromatic rings. The monoisotopic (exact) mass is 226 g/mol. The van der Waals surface area contributed by atoms with Crippen molar-refractivity contribution in [3.8, 4) is 0 Å². The van der Waals surface area contributed by atoms with Crippen LogP contribution in [0.2, 0.25) is 0 Å². The average molecular weight is 226 g/mol. The third kappa shape index (κ3) is 3.17. The molecule has 0 bridgehead atoms. The van der Waals surface area contributed by atoms with E-state index >= 15 is 0 Å². The van der Waals surface area contributed by atoms with Crippen molar-refractivity contribution >= 4 is 11.8 Å². The van der Waals surface area contributed by atoms with Crippen molar-refractivity contribution in [2.24, 2.45) is 0 Å². The Labute approximate surface area is 95.3 Å². The number of ketones is 1. The first-order valence-corrected chi connectivity index (χ1v) is 5.57. The van der Waals surface area contributed by atoms with Crippen molar-refractivity contribution in [2.75, 3.05) is 6.61 Å². The van der Waals surface area contributed by atoms with Crippen molar-refractivity contribution in [3.63, 3.8) is 0 Å². The molecule has 0 saturated carbocycles. The molecule has 1 atom stereocenters. The molecular weight excluding hydrogens is 208 g/mol. The Morgan fingerprint density at radius 2 is 2.31 bits per heavy atom. The molecule has 1 rings (SSSR count). The summed E-state index contributed by atoms with van der Waals surface area (Å²) in [6.07, 6.45) is 3.12. The highest BCUT2D eigenvalue weighted by Gasteiger charge is 2.41. The Hall–Kier alpha value is -1.16. The Morgan fingerprint density at radius 3 is 2.81 bits per heavy atom. The number of aliphatic hydroxyl groups is 1. The van der Waals surface area contributed by atoms with Crippen LogP contribution in [-0.2, 0) is 14.3 Å². The van der Waals surface area contributed by atoms with Gasteiger partial charge < -0.3 is 9.84 Å². The highest BCUT2D eigenvalue weighted by molar-refractivity contribution is 6.02. The van der Waals surface area contributed by atoms with Crippen molar-refractivity contribution in [1.29, 1.82) is 0 Å². The third-order valence-corrected chi connectivity index (χ3v) is 2.61.